The first-order valence-electron chi connectivity index (χ1n) is 6.16. The second-order valence-electron chi connectivity index (χ2n) is 4.30. The molecule has 2 N–H and O–H groups in total. The van der Waals surface area contributed by atoms with Gasteiger partial charge < -0.3 is 19.6 Å². The van der Waals surface area contributed by atoms with Crippen molar-refractivity contribution < 1.29 is 13.9 Å². The molecule has 0 saturated carbocycles. The molecule has 102 valence electrons. The summed E-state index contributed by atoms with van der Waals surface area (Å²) >= 11 is 0. The van der Waals surface area contributed by atoms with Crippen molar-refractivity contribution in [3.05, 3.63) is 48.4 Å². The molecule has 0 saturated heterocycles. The Bertz CT molecular complexity index is 737. The number of nitrogen functional groups attached to an aromatic ring is 1. The Hall–Kier alpha value is -2.69. The van der Waals surface area contributed by atoms with Crippen molar-refractivity contribution in [2.45, 2.75) is 6.61 Å². The third kappa shape index (κ3) is 2.51. The van der Waals surface area contributed by atoms with Gasteiger partial charge in [0.05, 0.1) is 7.11 Å². The predicted molar refractivity (Wildman–Crippen MR) is 75.7 cm³/mol. The van der Waals surface area contributed by atoms with Crippen LogP contribution in [0.4, 0.5) is 5.69 Å². The largest absolute Gasteiger partial charge is 0.497 e. The van der Waals surface area contributed by atoms with Gasteiger partial charge in [-0.1, -0.05) is 6.07 Å². The summed E-state index contributed by atoms with van der Waals surface area (Å²) in [7, 11) is 1.62. The maximum atomic E-state index is 5.69. The van der Waals surface area contributed by atoms with Crippen LogP contribution in [0.1, 0.15) is 5.89 Å². The second-order valence-corrected chi connectivity index (χ2v) is 4.30. The van der Waals surface area contributed by atoms with Crippen molar-refractivity contribution in [3.8, 4) is 11.5 Å². The van der Waals surface area contributed by atoms with Gasteiger partial charge in [-0.15, -0.1) is 0 Å². The van der Waals surface area contributed by atoms with Gasteiger partial charge in [-0.25, -0.2) is 4.98 Å². The zero-order chi connectivity index (χ0) is 13.9. The van der Waals surface area contributed by atoms with Gasteiger partial charge in [-0.2, -0.15) is 0 Å². The highest BCUT2D eigenvalue weighted by Crippen LogP contribution is 2.22. The van der Waals surface area contributed by atoms with Gasteiger partial charge in [0.2, 0.25) is 5.89 Å². The lowest BCUT2D eigenvalue weighted by molar-refractivity contribution is 0.267. The number of methoxy groups -OCH3 is 1. The number of benzene rings is 2. The second kappa shape index (κ2) is 5.13. The van der Waals surface area contributed by atoms with Crippen LogP contribution in [-0.4, -0.2) is 12.1 Å². The first-order valence-corrected chi connectivity index (χ1v) is 6.16. The molecule has 0 fully saturated rings. The quantitative estimate of drug-likeness (QED) is 0.738. The Kier molecular flexibility index (Phi) is 3.16. The van der Waals surface area contributed by atoms with Gasteiger partial charge in [0, 0.05) is 17.8 Å². The van der Waals surface area contributed by atoms with Gasteiger partial charge in [0.25, 0.3) is 0 Å². The van der Waals surface area contributed by atoms with Gasteiger partial charge >= 0.3 is 0 Å². The molecular formula is C15H14N2O3. The molecule has 0 spiro atoms. The minimum absolute atomic E-state index is 0.250. The summed E-state index contributed by atoms with van der Waals surface area (Å²) in [6.07, 6.45) is 0. The van der Waals surface area contributed by atoms with Crippen molar-refractivity contribution >= 4 is 16.8 Å². The summed E-state index contributed by atoms with van der Waals surface area (Å²) in [5.74, 6) is 1.94. The SMILES string of the molecule is COc1ccc2oc(COc3cccc(N)c3)nc2c1. The average molecular weight is 270 g/mol. The molecule has 0 aliphatic carbocycles. The number of hydrogen-bond donors (Lipinski definition) is 1. The number of aromatic nitrogens is 1. The molecule has 2 aromatic carbocycles. The van der Waals surface area contributed by atoms with E-state index in [4.69, 9.17) is 19.6 Å². The molecule has 0 aliphatic heterocycles. The van der Waals surface area contributed by atoms with Crippen LogP contribution in [0.5, 0.6) is 11.5 Å². The van der Waals surface area contributed by atoms with Crippen LogP contribution >= 0.6 is 0 Å². The molecule has 1 heterocycles. The summed E-state index contributed by atoms with van der Waals surface area (Å²) in [4.78, 5) is 4.36. The number of anilines is 1. The fourth-order valence-electron chi connectivity index (χ4n) is 1.89. The van der Waals surface area contributed by atoms with Gasteiger partial charge in [0.15, 0.2) is 12.2 Å². The molecule has 1 aromatic heterocycles. The smallest absolute Gasteiger partial charge is 0.233 e. The van der Waals surface area contributed by atoms with E-state index in [1.165, 1.54) is 0 Å². The van der Waals surface area contributed by atoms with E-state index in [0.29, 0.717) is 22.9 Å². The summed E-state index contributed by atoms with van der Waals surface area (Å²) in [6.45, 7) is 0.250. The van der Waals surface area contributed by atoms with E-state index in [-0.39, 0.29) is 6.61 Å². The summed E-state index contributed by atoms with van der Waals surface area (Å²) in [5, 5.41) is 0. The topological polar surface area (TPSA) is 70.5 Å². The zero-order valence-electron chi connectivity index (χ0n) is 11.0. The van der Waals surface area contributed by atoms with E-state index in [9.17, 15) is 0 Å². The van der Waals surface area contributed by atoms with Crippen LogP contribution in [0.25, 0.3) is 11.1 Å². The molecule has 3 aromatic rings. The van der Waals surface area contributed by atoms with E-state index in [2.05, 4.69) is 4.98 Å². The molecule has 0 unspecified atom stereocenters. The summed E-state index contributed by atoms with van der Waals surface area (Å²) in [6, 6.07) is 12.7. The van der Waals surface area contributed by atoms with Crippen LogP contribution in [0, 0.1) is 0 Å². The first kappa shape index (κ1) is 12.3. The molecular weight excluding hydrogens is 256 g/mol. The lowest BCUT2D eigenvalue weighted by Crippen LogP contribution is -1.96. The Balaban J connectivity index is 1.77. The van der Waals surface area contributed by atoms with Crippen LogP contribution in [0.3, 0.4) is 0 Å². The highest BCUT2D eigenvalue weighted by atomic mass is 16.5. The van der Waals surface area contributed by atoms with E-state index in [1.807, 2.05) is 30.3 Å². The lowest BCUT2D eigenvalue weighted by atomic mass is 10.3. The molecule has 0 atom stereocenters. The fourth-order valence-corrected chi connectivity index (χ4v) is 1.89. The number of ether oxygens (including phenoxy) is 2. The third-order valence-electron chi connectivity index (χ3n) is 2.86. The number of rotatable bonds is 4. The standard InChI is InChI=1S/C15H14N2O3/c1-18-11-5-6-14-13(8-11)17-15(20-14)9-19-12-4-2-3-10(16)7-12/h2-8H,9,16H2,1H3. The van der Waals surface area contributed by atoms with Crippen molar-refractivity contribution in [1.82, 2.24) is 4.98 Å². The van der Waals surface area contributed by atoms with E-state index in [1.54, 1.807) is 19.2 Å². The van der Waals surface area contributed by atoms with E-state index in [0.717, 1.165) is 11.3 Å². The van der Waals surface area contributed by atoms with Crippen molar-refractivity contribution in [3.63, 3.8) is 0 Å². The van der Waals surface area contributed by atoms with E-state index >= 15 is 0 Å². The van der Waals surface area contributed by atoms with Crippen LogP contribution in [0.15, 0.2) is 46.9 Å². The summed E-state index contributed by atoms with van der Waals surface area (Å²) in [5.41, 5.74) is 7.80. The summed E-state index contributed by atoms with van der Waals surface area (Å²) < 4.78 is 16.3. The maximum absolute atomic E-state index is 5.69. The van der Waals surface area contributed by atoms with Gasteiger partial charge in [-0.3, -0.25) is 0 Å². The number of nitrogens with two attached hydrogens (primary N) is 1. The molecule has 0 bridgehead atoms. The van der Waals surface area contributed by atoms with Crippen molar-refractivity contribution in [2.75, 3.05) is 12.8 Å². The van der Waals surface area contributed by atoms with Crippen LogP contribution < -0.4 is 15.2 Å². The molecule has 0 radical (unpaired) electrons. The highest BCUT2D eigenvalue weighted by molar-refractivity contribution is 5.74. The molecule has 20 heavy (non-hydrogen) atoms. The number of fused-ring (bicyclic) bond motifs is 1. The molecule has 0 amide bonds. The molecule has 5 nitrogen and oxygen atoms in total. The van der Waals surface area contributed by atoms with E-state index < -0.39 is 0 Å². The van der Waals surface area contributed by atoms with Crippen LogP contribution in [0.2, 0.25) is 0 Å². The highest BCUT2D eigenvalue weighted by Gasteiger charge is 2.07. The minimum atomic E-state index is 0.250. The normalized spacial score (nSPS) is 10.7. The molecule has 0 aliphatic rings. The fraction of sp³-hybridized carbons (Fsp3) is 0.133. The van der Waals surface area contributed by atoms with Crippen molar-refractivity contribution in [2.24, 2.45) is 0 Å². The monoisotopic (exact) mass is 270 g/mol. The number of nitrogens with zero attached hydrogens (tertiary/aromatic N) is 1. The van der Waals surface area contributed by atoms with Crippen LogP contribution in [-0.2, 0) is 6.61 Å². The third-order valence-corrected chi connectivity index (χ3v) is 2.86. The predicted octanol–water partition coefficient (Wildman–Crippen LogP) is 3.00. The average Bonchev–Trinajstić information content (AvgIpc) is 2.87. The van der Waals surface area contributed by atoms with Crippen molar-refractivity contribution in [1.29, 1.82) is 0 Å². The Morgan fingerprint density at radius 1 is 1.15 bits per heavy atom. The minimum Gasteiger partial charge on any atom is -0.497 e. The number of hydrogen-bond acceptors (Lipinski definition) is 5. The maximum Gasteiger partial charge on any atom is 0.233 e. The Morgan fingerprint density at radius 3 is 2.85 bits per heavy atom. The lowest BCUT2D eigenvalue weighted by Gasteiger charge is -2.03. The molecule has 5 heteroatoms. The number of oxazole rings is 1. The first-order chi connectivity index (χ1) is 9.74. The Labute approximate surface area is 115 Å². The zero-order valence-corrected chi connectivity index (χ0v) is 11.0. The molecule has 3 rings (SSSR count). The van der Waals surface area contributed by atoms with Gasteiger partial charge in [-0.05, 0) is 24.3 Å². The Morgan fingerprint density at radius 2 is 2.05 bits per heavy atom. The van der Waals surface area contributed by atoms with Gasteiger partial charge in [0.1, 0.15) is 17.0 Å².